The molecule has 4 N–H and O–H groups in total. The number of aliphatic carboxylic acids is 1. The second kappa shape index (κ2) is 7.12. The maximum atomic E-state index is 12.7. The molecule has 0 atom stereocenters. The highest BCUT2D eigenvalue weighted by molar-refractivity contribution is 6.27. The Labute approximate surface area is 154 Å². The van der Waals surface area contributed by atoms with Crippen molar-refractivity contribution in [1.29, 1.82) is 5.41 Å². The maximum absolute atomic E-state index is 12.7. The maximum Gasteiger partial charge on any atom is 0.336 e. The summed E-state index contributed by atoms with van der Waals surface area (Å²) in [5, 5.41) is 16.0. The first-order valence-corrected chi connectivity index (χ1v) is 7.97. The number of imide groups is 1. The number of benzene rings is 2. The van der Waals surface area contributed by atoms with E-state index in [0.717, 1.165) is 11.0 Å². The monoisotopic (exact) mass is 364 g/mol. The van der Waals surface area contributed by atoms with Crippen molar-refractivity contribution in [2.45, 2.75) is 0 Å². The third-order valence-corrected chi connectivity index (χ3v) is 4.02. The molecule has 0 radical (unpaired) electrons. The van der Waals surface area contributed by atoms with Crippen molar-refractivity contribution in [3.05, 3.63) is 65.7 Å². The van der Waals surface area contributed by atoms with Gasteiger partial charge in [0.15, 0.2) is 0 Å². The third-order valence-electron chi connectivity index (χ3n) is 4.02. The summed E-state index contributed by atoms with van der Waals surface area (Å²) >= 11 is 0. The van der Waals surface area contributed by atoms with Gasteiger partial charge in [-0.3, -0.25) is 15.1 Å². The summed E-state index contributed by atoms with van der Waals surface area (Å²) in [7, 11) is 0. The summed E-state index contributed by atoms with van der Waals surface area (Å²) in [5.74, 6) is -1.51. The lowest BCUT2D eigenvalue weighted by Gasteiger charge is -2.17. The Hall–Kier alpha value is -3.94. The Morgan fingerprint density at radius 3 is 2.19 bits per heavy atom. The van der Waals surface area contributed by atoms with Crippen molar-refractivity contribution < 1.29 is 19.5 Å². The van der Waals surface area contributed by atoms with Gasteiger partial charge in [0.2, 0.25) is 0 Å². The largest absolute Gasteiger partial charge is 0.478 e. The Morgan fingerprint density at radius 1 is 1.04 bits per heavy atom. The number of anilines is 2. The predicted octanol–water partition coefficient (Wildman–Crippen LogP) is 2.04. The summed E-state index contributed by atoms with van der Waals surface area (Å²) in [4.78, 5) is 38.0. The molecular weight excluding hydrogens is 348 g/mol. The molecule has 2 aromatic carbocycles. The number of carboxylic acid groups (broad SMARTS) is 1. The SMILES string of the molecule is N=C(N)c1ccc(N2CC(=O)N(c3ccc(/C=C/C(=O)O)cc3)C2=O)cc1. The Balaban J connectivity index is 1.81. The van der Waals surface area contributed by atoms with Crippen LogP contribution < -0.4 is 15.5 Å². The van der Waals surface area contributed by atoms with Crippen LogP contribution in [0.3, 0.4) is 0 Å². The molecular formula is C19H16N4O4. The van der Waals surface area contributed by atoms with E-state index in [-0.39, 0.29) is 18.3 Å². The Morgan fingerprint density at radius 2 is 1.63 bits per heavy atom. The molecule has 0 aliphatic carbocycles. The van der Waals surface area contributed by atoms with Crippen LogP contribution in [0.1, 0.15) is 11.1 Å². The minimum absolute atomic E-state index is 0.0796. The third kappa shape index (κ3) is 3.69. The molecule has 0 aromatic heterocycles. The number of urea groups is 1. The number of carboxylic acids is 1. The summed E-state index contributed by atoms with van der Waals surface area (Å²) in [5.41, 5.74) is 7.51. The summed E-state index contributed by atoms with van der Waals surface area (Å²) in [6.45, 7) is -0.0983. The molecule has 27 heavy (non-hydrogen) atoms. The Kier molecular flexibility index (Phi) is 4.71. The first-order valence-electron chi connectivity index (χ1n) is 7.97. The molecule has 1 aliphatic rings. The number of nitrogens with zero attached hydrogens (tertiary/aromatic N) is 2. The fourth-order valence-corrected chi connectivity index (χ4v) is 2.68. The molecule has 2 aromatic rings. The van der Waals surface area contributed by atoms with E-state index < -0.39 is 12.0 Å². The van der Waals surface area contributed by atoms with Crippen LogP contribution in [0.2, 0.25) is 0 Å². The van der Waals surface area contributed by atoms with Crippen molar-refractivity contribution in [3.63, 3.8) is 0 Å². The second-order valence-electron chi connectivity index (χ2n) is 5.82. The van der Waals surface area contributed by atoms with Crippen molar-refractivity contribution in [2.75, 3.05) is 16.3 Å². The summed E-state index contributed by atoms with van der Waals surface area (Å²) < 4.78 is 0. The zero-order valence-electron chi connectivity index (χ0n) is 14.1. The standard InChI is InChI=1S/C19H16N4O4/c20-18(21)13-4-8-14(9-5-13)22-11-16(24)23(19(22)27)15-6-1-12(2-7-15)3-10-17(25)26/h1-10H,11H2,(H3,20,21)(H,25,26)/b10-3+. The van der Waals surface area contributed by atoms with Crippen molar-refractivity contribution in [2.24, 2.45) is 5.73 Å². The van der Waals surface area contributed by atoms with E-state index in [1.54, 1.807) is 48.5 Å². The van der Waals surface area contributed by atoms with Gasteiger partial charge in [-0.1, -0.05) is 12.1 Å². The number of carbonyl (C=O) groups excluding carboxylic acids is 2. The highest BCUT2D eigenvalue weighted by atomic mass is 16.4. The highest BCUT2D eigenvalue weighted by Gasteiger charge is 2.37. The number of amides is 3. The van der Waals surface area contributed by atoms with Gasteiger partial charge in [-0.25, -0.2) is 14.5 Å². The van der Waals surface area contributed by atoms with Crippen LogP contribution in [-0.4, -0.2) is 35.4 Å². The molecule has 1 aliphatic heterocycles. The van der Waals surface area contributed by atoms with E-state index in [1.165, 1.54) is 11.0 Å². The van der Waals surface area contributed by atoms with E-state index in [4.69, 9.17) is 16.2 Å². The van der Waals surface area contributed by atoms with Crippen molar-refractivity contribution >= 4 is 41.2 Å². The van der Waals surface area contributed by atoms with E-state index in [1.807, 2.05) is 0 Å². The number of nitrogen functional groups attached to an aromatic ring is 1. The smallest absolute Gasteiger partial charge is 0.336 e. The number of carbonyl (C=O) groups is 3. The lowest BCUT2D eigenvalue weighted by Crippen LogP contribution is -2.33. The van der Waals surface area contributed by atoms with Crippen LogP contribution in [0.4, 0.5) is 16.2 Å². The molecule has 0 unspecified atom stereocenters. The number of hydrogen-bond donors (Lipinski definition) is 3. The van der Waals surface area contributed by atoms with E-state index >= 15 is 0 Å². The number of hydrogen-bond acceptors (Lipinski definition) is 4. The molecule has 3 rings (SSSR count). The topological polar surface area (TPSA) is 128 Å². The zero-order valence-corrected chi connectivity index (χ0v) is 14.1. The van der Waals surface area contributed by atoms with Gasteiger partial charge in [0.25, 0.3) is 5.91 Å². The number of nitrogens with two attached hydrogens (primary N) is 1. The van der Waals surface area contributed by atoms with Gasteiger partial charge in [0, 0.05) is 17.3 Å². The minimum atomic E-state index is -1.06. The average Bonchev–Trinajstić information content (AvgIpc) is 2.95. The predicted molar refractivity (Wildman–Crippen MR) is 101 cm³/mol. The van der Waals surface area contributed by atoms with Gasteiger partial charge in [-0.05, 0) is 48.0 Å². The molecule has 1 saturated heterocycles. The van der Waals surface area contributed by atoms with Gasteiger partial charge in [-0.2, -0.15) is 0 Å². The fraction of sp³-hybridized carbons (Fsp3) is 0.0526. The normalized spacial score (nSPS) is 14.2. The van der Waals surface area contributed by atoms with Gasteiger partial charge in [-0.15, -0.1) is 0 Å². The molecule has 1 heterocycles. The van der Waals surface area contributed by atoms with Crippen LogP contribution in [0.25, 0.3) is 6.08 Å². The molecule has 8 nitrogen and oxygen atoms in total. The van der Waals surface area contributed by atoms with Gasteiger partial charge < -0.3 is 10.8 Å². The molecule has 0 bridgehead atoms. The molecule has 0 saturated carbocycles. The molecule has 1 fully saturated rings. The number of amidine groups is 1. The number of nitrogens with one attached hydrogen (secondary N) is 1. The second-order valence-corrected chi connectivity index (χ2v) is 5.82. The summed E-state index contributed by atoms with van der Waals surface area (Å²) in [6.07, 6.45) is 2.43. The molecule has 136 valence electrons. The van der Waals surface area contributed by atoms with Crippen LogP contribution in [0.5, 0.6) is 0 Å². The van der Waals surface area contributed by atoms with Gasteiger partial charge >= 0.3 is 12.0 Å². The molecule has 3 amide bonds. The average molecular weight is 364 g/mol. The van der Waals surface area contributed by atoms with Crippen molar-refractivity contribution in [1.82, 2.24) is 0 Å². The fourth-order valence-electron chi connectivity index (χ4n) is 2.68. The minimum Gasteiger partial charge on any atom is -0.478 e. The lowest BCUT2D eigenvalue weighted by molar-refractivity contribution is -0.131. The van der Waals surface area contributed by atoms with Crippen LogP contribution in [-0.2, 0) is 9.59 Å². The van der Waals surface area contributed by atoms with Gasteiger partial charge in [0.1, 0.15) is 12.4 Å². The first-order chi connectivity index (χ1) is 12.9. The lowest BCUT2D eigenvalue weighted by atomic mass is 10.2. The van der Waals surface area contributed by atoms with Crippen LogP contribution in [0.15, 0.2) is 54.6 Å². The van der Waals surface area contributed by atoms with Crippen LogP contribution in [0, 0.1) is 5.41 Å². The molecule has 0 spiro atoms. The Bertz CT molecular complexity index is 949. The quantitative estimate of drug-likeness (QED) is 0.324. The zero-order chi connectivity index (χ0) is 19.6. The van der Waals surface area contributed by atoms with E-state index in [2.05, 4.69) is 0 Å². The highest BCUT2D eigenvalue weighted by Crippen LogP contribution is 2.26. The van der Waals surface area contributed by atoms with Crippen LogP contribution >= 0.6 is 0 Å². The van der Waals surface area contributed by atoms with Crippen molar-refractivity contribution in [3.8, 4) is 0 Å². The number of rotatable bonds is 5. The first kappa shape index (κ1) is 17.9. The molecule has 8 heteroatoms. The van der Waals surface area contributed by atoms with Gasteiger partial charge in [0.05, 0.1) is 5.69 Å². The van der Waals surface area contributed by atoms with E-state index in [9.17, 15) is 14.4 Å². The van der Waals surface area contributed by atoms with E-state index in [0.29, 0.717) is 22.5 Å². The summed E-state index contributed by atoms with van der Waals surface area (Å²) in [6, 6.07) is 12.4.